The molecule has 1 fully saturated rings. The number of hydrogen-bond donors (Lipinski definition) is 0. The van der Waals surface area contributed by atoms with Crippen LogP contribution in [0.25, 0.3) is 11.4 Å². The number of rotatable bonds is 5. The molecule has 160 valence electrons. The van der Waals surface area contributed by atoms with Gasteiger partial charge in [-0.3, -0.25) is 4.79 Å². The van der Waals surface area contributed by atoms with Crippen molar-refractivity contribution in [3.63, 3.8) is 0 Å². The smallest absolute Gasteiger partial charge is 0.246 e. The van der Waals surface area contributed by atoms with E-state index in [1.807, 2.05) is 60.7 Å². The van der Waals surface area contributed by atoms with Gasteiger partial charge in [0, 0.05) is 18.2 Å². The fourth-order valence-corrected chi connectivity index (χ4v) is 4.36. The first kappa shape index (κ1) is 20.1. The highest BCUT2D eigenvalue weighted by atomic mass is 19.1. The summed E-state index contributed by atoms with van der Waals surface area (Å²) < 4.78 is 32.3. The Labute approximate surface area is 183 Å². The summed E-state index contributed by atoms with van der Waals surface area (Å²) in [7, 11) is 0. The Morgan fingerprint density at radius 2 is 1.50 bits per heavy atom. The van der Waals surface area contributed by atoms with Crippen molar-refractivity contribution in [3.05, 3.63) is 108 Å². The average Bonchev–Trinajstić information content (AvgIpc) is 3.40. The van der Waals surface area contributed by atoms with Gasteiger partial charge in [-0.2, -0.15) is 4.98 Å². The summed E-state index contributed by atoms with van der Waals surface area (Å²) >= 11 is 0. The molecule has 32 heavy (non-hydrogen) atoms. The van der Waals surface area contributed by atoms with Crippen LogP contribution in [0, 0.1) is 11.6 Å². The van der Waals surface area contributed by atoms with Gasteiger partial charge in [0.2, 0.25) is 17.6 Å². The number of hydrogen-bond acceptors (Lipinski definition) is 4. The van der Waals surface area contributed by atoms with Gasteiger partial charge in [0.25, 0.3) is 0 Å². The molecule has 4 aromatic rings. The van der Waals surface area contributed by atoms with Crippen molar-refractivity contribution in [3.8, 4) is 11.4 Å². The summed E-state index contributed by atoms with van der Waals surface area (Å²) in [5.41, 5.74) is 1.24. The Morgan fingerprint density at radius 3 is 2.09 bits per heavy atom. The van der Waals surface area contributed by atoms with Crippen LogP contribution in [0.5, 0.6) is 0 Å². The first-order valence-corrected chi connectivity index (χ1v) is 10.3. The lowest BCUT2D eigenvalue weighted by Gasteiger charge is -2.29. The van der Waals surface area contributed by atoms with Crippen LogP contribution in [0.3, 0.4) is 0 Å². The minimum absolute atomic E-state index is 0.0496. The summed E-state index contributed by atoms with van der Waals surface area (Å²) in [6.07, 6.45) is 0.607. The predicted octanol–water partition coefficient (Wildman–Crippen LogP) is 4.73. The van der Waals surface area contributed by atoms with E-state index in [1.165, 1.54) is 0 Å². The second kappa shape index (κ2) is 8.00. The number of amides is 1. The van der Waals surface area contributed by atoms with Crippen LogP contribution in [0.4, 0.5) is 8.78 Å². The summed E-state index contributed by atoms with van der Waals surface area (Å²) in [6, 6.07) is 22.5. The lowest BCUT2D eigenvalue weighted by molar-refractivity contribution is -0.132. The molecule has 5 rings (SSSR count). The van der Waals surface area contributed by atoms with E-state index in [0.29, 0.717) is 13.0 Å². The topological polar surface area (TPSA) is 59.2 Å². The van der Waals surface area contributed by atoms with Gasteiger partial charge < -0.3 is 9.42 Å². The maximum absolute atomic E-state index is 13.7. The van der Waals surface area contributed by atoms with Crippen molar-refractivity contribution in [1.29, 1.82) is 0 Å². The molecule has 0 N–H and O–H groups in total. The fraction of sp³-hybridized carbons (Fsp3) is 0.160. The molecule has 7 heteroatoms. The Bertz CT molecular complexity index is 1200. The normalized spacial score (nSPS) is 15.3. The number of benzene rings is 3. The molecule has 0 aliphatic carbocycles. The summed E-state index contributed by atoms with van der Waals surface area (Å²) in [5, 5.41) is 3.83. The lowest BCUT2D eigenvalue weighted by atomic mass is 9.73. The third kappa shape index (κ3) is 3.45. The predicted molar refractivity (Wildman–Crippen MR) is 113 cm³/mol. The molecule has 0 saturated carbocycles. The Morgan fingerprint density at radius 1 is 0.906 bits per heavy atom. The monoisotopic (exact) mass is 431 g/mol. The van der Waals surface area contributed by atoms with Gasteiger partial charge in [0.1, 0.15) is 23.6 Å². The van der Waals surface area contributed by atoms with Crippen LogP contribution in [0.1, 0.15) is 23.4 Å². The number of halogens is 2. The van der Waals surface area contributed by atoms with Gasteiger partial charge in [-0.25, -0.2) is 8.78 Å². The van der Waals surface area contributed by atoms with Crippen LogP contribution < -0.4 is 0 Å². The van der Waals surface area contributed by atoms with Gasteiger partial charge in [-0.1, -0.05) is 65.8 Å². The van der Waals surface area contributed by atoms with Gasteiger partial charge in [-0.05, 0) is 29.7 Å². The lowest BCUT2D eigenvalue weighted by Crippen LogP contribution is -2.38. The molecule has 1 saturated heterocycles. The zero-order valence-corrected chi connectivity index (χ0v) is 17.0. The fourth-order valence-electron chi connectivity index (χ4n) is 4.36. The molecule has 2 heterocycles. The van der Waals surface area contributed by atoms with Crippen molar-refractivity contribution in [2.75, 3.05) is 6.54 Å². The maximum atomic E-state index is 13.7. The van der Waals surface area contributed by atoms with Crippen molar-refractivity contribution in [2.45, 2.75) is 18.4 Å². The molecule has 1 aliphatic rings. The third-order valence-electron chi connectivity index (χ3n) is 5.86. The van der Waals surface area contributed by atoms with E-state index >= 15 is 0 Å². The average molecular weight is 431 g/mol. The standard InChI is InChI=1S/C25H19F2N3O2/c26-20-13-17(14-21(27)15-20)23-28-22(32-29-23)16-30-12-11-25(24(30)31,18-7-3-1-4-8-18)19-9-5-2-6-10-19/h1-10,13-15H,11-12,16H2. The highest BCUT2D eigenvalue weighted by Gasteiger charge is 2.49. The largest absolute Gasteiger partial charge is 0.337 e. The van der Waals surface area contributed by atoms with Gasteiger partial charge >= 0.3 is 0 Å². The quantitative estimate of drug-likeness (QED) is 0.458. The van der Waals surface area contributed by atoms with E-state index in [1.54, 1.807) is 4.90 Å². The van der Waals surface area contributed by atoms with E-state index in [2.05, 4.69) is 10.1 Å². The molecule has 0 spiro atoms. The molecule has 0 radical (unpaired) electrons. The minimum atomic E-state index is -0.795. The molecule has 5 nitrogen and oxygen atoms in total. The minimum Gasteiger partial charge on any atom is -0.337 e. The van der Waals surface area contributed by atoms with E-state index in [9.17, 15) is 13.6 Å². The molecule has 1 aliphatic heterocycles. The molecule has 0 unspecified atom stereocenters. The van der Waals surface area contributed by atoms with Gasteiger partial charge in [0.15, 0.2) is 0 Å². The van der Waals surface area contributed by atoms with Gasteiger partial charge in [-0.15, -0.1) is 0 Å². The van der Waals surface area contributed by atoms with Crippen LogP contribution in [-0.4, -0.2) is 27.5 Å². The number of carbonyl (C=O) groups excluding carboxylic acids is 1. The maximum Gasteiger partial charge on any atom is 0.246 e. The number of aromatic nitrogens is 2. The van der Waals surface area contributed by atoms with Crippen LogP contribution in [0.15, 0.2) is 83.4 Å². The Balaban J connectivity index is 1.44. The molecule has 1 amide bonds. The molecule has 3 aromatic carbocycles. The van der Waals surface area contributed by atoms with E-state index in [4.69, 9.17) is 4.52 Å². The van der Waals surface area contributed by atoms with Crippen molar-refractivity contribution >= 4 is 5.91 Å². The number of nitrogens with zero attached hydrogens (tertiary/aromatic N) is 3. The first-order chi connectivity index (χ1) is 15.6. The second-order valence-electron chi connectivity index (χ2n) is 7.78. The molecule has 1 aromatic heterocycles. The molecular weight excluding hydrogens is 412 g/mol. The highest BCUT2D eigenvalue weighted by molar-refractivity contribution is 5.94. The Hall–Kier alpha value is -3.87. The van der Waals surface area contributed by atoms with E-state index in [-0.39, 0.29) is 29.7 Å². The second-order valence-corrected chi connectivity index (χ2v) is 7.78. The van der Waals surface area contributed by atoms with Gasteiger partial charge in [0.05, 0.1) is 0 Å². The van der Waals surface area contributed by atoms with Crippen molar-refractivity contribution in [2.24, 2.45) is 0 Å². The zero-order chi connectivity index (χ0) is 22.1. The van der Waals surface area contributed by atoms with Crippen LogP contribution >= 0.6 is 0 Å². The SMILES string of the molecule is O=C1N(Cc2nc(-c3cc(F)cc(F)c3)no2)CCC1(c1ccccc1)c1ccccc1. The van der Waals surface area contributed by atoms with Crippen LogP contribution in [0.2, 0.25) is 0 Å². The van der Waals surface area contributed by atoms with Crippen LogP contribution in [-0.2, 0) is 16.8 Å². The number of likely N-dealkylation sites (tertiary alicyclic amines) is 1. The van der Waals surface area contributed by atoms with Crippen molar-refractivity contribution in [1.82, 2.24) is 15.0 Å². The summed E-state index contributed by atoms with van der Waals surface area (Å²) in [4.78, 5) is 19.7. The molecule has 0 atom stereocenters. The molecule has 0 bridgehead atoms. The van der Waals surface area contributed by atoms with Crippen molar-refractivity contribution < 1.29 is 18.1 Å². The Kier molecular flexibility index (Phi) is 5.01. The number of carbonyl (C=O) groups is 1. The molecular formula is C25H19F2N3O2. The first-order valence-electron chi connectivity index (χ1n) is 10.3. The highest BCUT2D eigenvalue weighted by Crippen LogP contribution is 2.42. The third-order valence-corrected chi connectivity index (χ3v) is 5.86. The van der Waals surface area contributed by atoms with E-state index < -0.39 is 17.0 Å². The zero-order valence-electron chi connectivity index (χ0n) is 17.0. The van der Waals surface area contributed by atoms with E-state index in [0.717, 1.165) is 29.3 Å². The summed E-state index contributed by atoms with van der Waals surface area (Å²) in [6.45, 7) is 0.625. The summed E-state index contributed by atoms with van der Waals surface area (Å²) in [5.74, 6) is -1.23.